The Hall–Kier alpha value is -1.32. The smallest absolute Gasteiger partial charge is 0.119 e. The van der Waals surface area contributed by atoms with Crippen LogP contribution >= 0.6 is 0 Å². The normalized spacial score (nSPS) is 12.0. The Morgan fingerprint density at radius 2 is 1.90 bits per heavy atom. The molecule has 0 aliphatic carbocycles. The zero-order valence-electron chi connectivity index (χ0n) is 13.8. The van der Waals surface area contributed by atoms with Crippen LogP contribution in [-0.4, -0.2) is 33.4 Å². The molecule has 0 fully saturated rings. The topological polar surface area (TPSA) is 30.5 Å². The van der Waals surface area contributed by atoms with E-state index in [9.17, 15) is 0 Å². The monoisotopic (exact) mass is 291 g/mol. The van der Waals surface area contributed by atoms with Crippen LogP contribution in [0.1, 0.15) is 32.8 Å². The number of methoxy groups -OCH3 is 1. The van der Waals surface area contributed by atoms with E-state index in [4.69, 9.17) is 9.47 Å². The van der Waals surface area contributed by atoms with Gasteiger partial charge in [-0.2, -0.15) is 0 Å². The summed E-state index contributed by atoms with van der Waals surface area (Å²) in [5.41, 5.74) is 2.62. The SMILES string of the molecule is CCCOc1ccc(C=C(CNCCOC)C(C)C)cc1. The zero-order chi connectivity index (χ0) is 15.5. The van der Waals surface area contributed by atoms with E-state index in [-0.39, 0.29) is 0 Å². The van der Waals surface area contributed by atoms with E-state index >= 15 is 0 Å². The molecule has 21 heavy (non-hydrogen) atoms. The Bertz CT molecular complexity index is 410. The van der Waals surface area contributed by atoms with Gasteiger partial charge in [0.15, 0.2) is 0 Å². The first kappa shape index (κ1) is 17.7. The molecule has 0 atom stereocenters. The maximum Gasteiger partial charge on any atom is 0.119 e. The molecule has 3 heteroatoms. The first-order valence-corrected chi connectivity index (χ1v) is 7.80. The average molecular weight is 291 g/mol. The van der Waals surface area contributed by atoms with Gasteiger partial charge in [-0.3, -0.25) is 0 Å². The summed E-state index contributed by atoms with van der Waals surface area (Å²) in [7, 11) is 1.73. The van der Waals surface area contributed by atoms with Gasteiger partial charge in [0.05, 0.1) is 13.2 Å². The molecule has 1 aromatic rings. The fraction of sp³-hybridized carbons (Fsp3) is 0.556. The molecule has 0 saturated carbocycles. The third-order valence-electron chi connectivity index (χ3n) is 3.26. The van der Waals surface area contributed by atoms with Crippen molar-refractivity contribution in [2.75, 3.05) is 33.4 Å². The quantitative estimate of drug-likeness (QED) is 0.666. The van der Waals surface area contributed by atoms with Crippen molar-refractivity contribution in [3.05, 3.63) is 35.4 Å². The lowest BCUT2D eigenvalue weighted by Crippen LogP contribution is -2.23. The fourth-order valence-electron chi connectivity index (χ4n) is 1.92. The van der Waals surface area contributed by atoms with Crippen LogP contribution in [0.3, 0.4) is 0 Å². The van der Waals surface area contributed by atoms with Gasteiger partial charge in [-0.15, -0.1) is 0 Å². The Morgan fingerprint density at radius 1 is 1.19 bits per heavy atom. The Balaban J connectivity index is 2.62. The molecule has 3 nitrogen and oxygen atoms in total. The molecule has 118 valence electrons. The molecule has 0 radical (unpaired) electrons. The van der Waals surface area contributed by atoms with Gasteiger partial charge in [-0.05, 0) is 30.0 Å². The van der Waals surface area contributed by atoms with Crippen molar-refractivity contribution >= 4 is 6.08 Å². The van der Waals surface area contributed by atoms with Crippen LogP contribution in [0.25, 0.3) is 6.08 Å². The second kappa shape index (κ2) is 10.4. The van der Waals surface area contributed by atoms with Crippen molar-refractivity contribution in [2.45, 2.75) is 27.2 Å². The first-order valence-electron chi connectivity index (χ1n) is 7.80. The highest BCUT2D eigenvalue weighted by Crippen LogP contribution is 2.17. The largest absolute Gasteiger partial charge is 0.494 e. The maximum absolute atomic E-state index is 5.61. The molecular weight excluding hydrogens is 262 g/mol. The van der Waals surface area contributed by atoms with Gasteiger partial charge in [0, 0.05) is 20.2 Å². The molecule has 0 bridgehead atoms. The highest BCUT2D eigenvalue weighted by Gasteiger charge is 2.03. The number of hydrogen-bond donors (Lipinski definition) is 1. The van der Waals surface area contributed by atoms with E-state index in [1.807, 2.05) is 12.1 Å². The summed E-state index contributed by atoms with van der Waals surface area (Å²) in [6.45, 7) is 9.86. The van der Waals surface area contributed by atoms with Crippen LogP contribution in [-0.2, 0) is 4.74 Å². The van der Waals surface area contributed by atoms with Gasteiger partial charge < -0.3 is 14.8 Å². The van der Waals surface area contributed by atoms with E-state index in [2.05, 4.69) is 44.3 Å². The summed E-state index contributed by atoms with van der Waals surface area (Å²) in [5.74, 6) is 1.47. The Morgan fingerprint density at radius 3 is 2.48 bits per heavy atom. The van der Waals surface area contributed by atoms with E-state index in [1.54, 1.807) is 7.11 Å². The van der Waals surface area contributed by atoms with Gasteiger partial charge in [0.25, 0.3) is 0 Å². The van der Waals surface area contributed by atoms with Crippen LogP contribution in [0.2, 0.25) is 0 Å². The van der Waals surface area contributed by atoms with Gasteiger partial charge in [-0.1, -0.05) is 44.6 Å². The van der Waals surface area contributed by atoms with Crippen molar-refractivity contribution < 1.29 is 9.47 Å². The van der Waals surface area contributed by atoms with Gasteiger partial charge >= 0.3 is 0 Å². The first-order chi connectivity index (χ1) is 10.2. The summed E-state index contributed by atoms with van der Waals surface area (Å²) >= 11 is 0. The van der Waals surface area contributed by atoms with Crippen LogP contribution in [0.15, 0.2) is 29.8 Å². The number of rotatable bonds is 10. The van der Waals surface area contributed by atoms with E-state index in [0.717, 1.165) is 38.5 Å². The number of hydrogen-bond acceptors (Lipinski definition) is 3. The van der Waals surface area contributed by atoms with Crippen LogP contribution in [0.5, 0.6) is 5.75 Å². The molecule has 1 rings (SSSR count). The van der Waals surface area contributed by atoms with Gasteiger partial charge in [-0.25, -0.2) is 0 Å². The van der Waals surface area contributed by atoms with Crippen molar-refractivity contribution in [1.29, 1.82) is 0 Å². The lowest BCUT2D eigenvalue weighted by molar-refractivity contribution is 0.200. The lowest BCUT2D eigenvalue weighted by atomic mass is 10.00. The maximum atomic E-state index is 5.61. The fourth-order valence-corrected chi connectivity index (χ4v) is 1.92. The van der Waals surface area contributed by atoms with Crippen LogP contribution in [0, 0.1) is 5.92 Å². The summed E-state index contributed by atoms with van der Waals surface area (Å²) in [6.07, 6.45) is 3.29. The molecule has 1 N–H and O–H groups in total. The molecule has 0 amide bonds. The van der Waals surface area contributed by atoms with Crippen molar-refractivity contribution in [1.82, 2.24) is 5.32 Å². The summed E-state index contributed by atoms with van der Waals surface area (Å²) in [4.78, 5) is 0. The van der Waals surface area contributed by atoms with Gasteiger partial charge in [0.2, 0.25) is 0 Å². The average Bonchev–Trinajstić information content (AvgIpc) is 2.49. The molecule has 0 unspecified atom stereocenters. The molecule has 0 aliphatic heterocycles. The number of benzene rings is 1. The molecule has 0 saturated heterocycles. The second-order valence-electron chi connectivity index (χ2n) is 5.46. The molecular formula is C18H29NO2. The minimum Gasteiger partial charge on any atom is -0.494 e. The molecule has 0 heterocycles. The van der Waals surface area contributed by atoms with Crippen molar-refractivity contribution in [3.63, 3.8) is 0 Å². The molecule has 0 aromatic heterocycles. The third-order valence-corrected chi connectivity index (χ3v) is 3.26. The van der Waals surface area contributed by atoms with Gasteiger partial charge in [0.1, 0.15) is 5.75 Å². The highest BCUT2D eigenvalue weighted by atomic mass is 16.5. The predicted molar refractivity (Wildman–Crippen MR) is 89.8 cm³/mol. The van der Waals surface area contributed by atoms with Crippen molar-refractivity contribution in [3.8, 4) is 5.75 Å². The summed E-state index contributed by atoms with van der Waals surface area (Å²) in [5, 5.41) is 3.41. The molecule has 0 aliphatic rings. The van der Waals surface area contributed by atoms with Crippen molar-refractivity contribution in [2.24, 2.45) is 5.92 Å². The second-order valence-corrected chi connectivity index (χ2v) is 5.46. The Labute approximate surface area is 129 Å². The minimum atomic E-state index is 0.524. The zero-order valence-corrected chi connectivity index (χ0v) is 13.8. The molecule has 1 aromatic carbocycles. The van der Waals surface area contributed by atoms with E-state index in [0.29, 0.717) is 5.92 Å². The minimum absolute atomic E-state index is 0.524. The summed E-state index contributed by atoms with van der Waals surface area (Å²) < 4.78 is 10.7. The van der Waals surface area contributed by atoms with E-state index < -0.39 is 0 Å². The van der Waals surface area contributed by atoms with Crippen LogP contribution in [0.4, 0.5) is 0 Å². The number of ether oxygens (including phenoxy) is 2. The Kier molecular flexibility index (Phi) is 8.79. The predicted octanol–water partition coefficient (Wildman–Crippen LogP) is 3.75. The third kappa shape index (κ3) is 7.30. The number of nitrogens with one attached hydrogen (secondary N) is 1. The lowest BCUT2D eigenvalue weighted by Gasteiger charge is -2.13. The van der Waals surface area contributed by atoms with E-state index in [1.165, 1.54) is 11.1 Å². The standard InChI is InChI=1S/C18H29NO2/c1-5-11-21-18-8-6-16(7-9-18)13-17(15(2)3)14-19-10-12-20-4/h6-9,13,15,19H,5,10-12,14H2,1-4H3. The summed E-state index contributed by atoms with van der Waals surface area (Å²) in [6, 6.07) is 8.31. The van der Waals surface area contributed by atoms with Crippen LogP contribution < -0.4 is 10.1 Å². The highest BCUT2D eigenvalue weighted by molar-refractivity contribution is 5.54. The molecule has 0 spiro atoms.